The number of anilines is 1. The molecule has 0 spiro atoms. The van der Waals surface area contributed by atoms with Crippen molar-refractivity contribution in [2.45, 2.75) is 92.0 Å². The average molecular weight is 803 g/mol. The fraction of sp³-hybridized carbons (Fsp3) is 0.667. The van der Waals surface area contributed by atoms with Gasteiger partial charge in [0.15, 0.2) is 5.84 Å². The summed E-state index contributed by atoms with van der Waals surface area (Å²) in [6.45, 7) is 19.5. The number of likely N-dealkylation sites (tertiary alicyclic amines) is 1. The van der Waals surface area contributed by atoms with E-state index in [9.17, 15) is 24.0 Å². The normalized spacial score (nSPS) is 19.2. The van der Waals surface area contributed by atoms with Crippen molar-refractivity contribution in [1.82, 2.24) is 25.0 Å². The van der Waals surface area contributed by atoms with E-state index in [2.05, 4.69) is 27.8 Å². The number of benzene rings is 1. The fourth-order valence-corrected chi connectivity index (χ4v) is 7.11. The molecule has 4 rings (SSSR count). The van der Waals surface area contributed by atoms with Gasteiger partial charge >= 0.3 is 12.2 Å². The monoisotopic (exact) mass is 802 g/mol. The van der Waals surface area contributed by atoms with E-state index in [-0.39, 0.29) is 40.2 Å². The van der Waals surface area contributed by atoms with Crippen molar-refractivity contribution in [3.05, 3.63) is 28.8 Å². The molecule has 3 aliphatic rings. The predicted octanol–water partition coefficient (Wildman–Crippen LogP) is 3.32. The maximum atomic E-state index is 13.5. The highest BCUT2D eigenvalue weighted by atomic mass is 35.5. The quantitative estimate of drug-likeness (QED) is 0.239. The summed E-state index contributed by atoms with van der Waals surface area (Å²) in [5, 5.41) is 11.3. The third kappa shape index (κ3) is 12.3. The van der Waals surface area contributed by atoms with Crippen molar-refractivity contribution in [1.29, 1.82) is 0 Å². The van der Waals surface area contributed by atoms with E-state index in [4.69, 9.17) is 21.1 Å². The largest absolute Gasteiger partial charge is 0.444 e. The summed E-state index contributed by atoms with van der Waals surface area (Å²) in [5.41, 5.74) is 0.0979. The van der Waals surface area contributed by atoms with E-state index in [1.165, 1.54) is 18.0 Å². The summed E-state index contributed by atoms with van der Waals surface area (Å²) in [4.78, 5) is 75.9. The number of carbonyl (C=O) groups is 5. The van der Waals surface area contributed by atoms with E-state index in [0.717, 1.165) is 30.9 Å². The standard InChI is InChI=1S/C39H60ClN9O7/c1-11-27(14-15-45(10)22-26-23-48(24-26)36(53)55-38(3,4)5)34(51)46-16-18-47(19-17-46)35(52)29-13-12-28(21-30(29)40)42-33(50)32(41-9)43-31-20-25(2)44-49(31)37(54)56-39(6,7)8/h12-13,21,26-27,31H,11,14-20,22-24H2,1-10H3,(H,41,43)(H,42,50)/p+1. The van der Waals surface area contributed by atoms with Gasteiger partial charge in [0.05, 0.1) is 30.7 Å². The Kier molecular flexibility index (Phi) is 14.8. The van der Waals surface area contributed by atoms with Gasteiger partial charge in [0.25, 0.3) is 11.8 Å². The summed E-state index contributed by atoms with van der Waals surface area (Å²) in [6, 6.07) is 4.66. The Balaban J connectivity index is 1.23. The number of hydrogen-bond acceptors (Lipinski definition) is 9. The number of amides is 5. The zero-order valence-electron chi connectivity index (χ0n) is 34.7. The maximum Gasteiger partial charge on any atom is 0.432 e. The van der Waals surface area contributed by atoms with Gasteiger partial charge in [-0.3, -0.25) is 19.4 Å². The Morgan fingerprint density at radius 3 is 2.14 bits per heavy atom. The zero-order chi connectivity index (χ0) is 41.5. The summed E-state index contributed by atoms with van der Waals surface area (Å²) in [5.74, 6) is -0.423. The molecule has 0 bridgehead atoms. The van der Waals surface area contributed by atoms with Crippen LogP contribution in [-0.2, 0) is 19.1 Å². The number of quaternary nitrogens is 1. The molecule has 1 aromatic rings. The first kappa shape index (κ1) is 44.3. The van der Waals surface area contributed by atoms with Crippen LogP contribution in [-0.4, -0.2) is 145 Å². The zero-order valence-corrected chi connectivity index (χ0v) is 35.4. The van der Waals surface area contributed by atoms with Crippen molar-refractivity contribution in [3.63, 3.8) is 0 Å². The minimum Gasteiger partial charge on any atom is -0.444 e. The third-order valence-electron chi connectivity index (χ3n) is 9.73. The fourth-order valence-electron chi connectivity index (χ4n) is 6.85. The first-order chi connectivity index (χ1) is 26.2. The number of halogens is 1. The summed E-state index contributed by atoms with van der Waals surface area (Å²) in [7, 11) is 3.58. The van der Waals surface area contributed by atoms with Crippen LogP contribution in [0.15, 0.2) is 28.3 Å². The Hall–Kier alpha value is -4.44. The van der Waals surface area contributed by atoms with Crippen molar-refractivity contribution < 1.29 is 38.3 Å². The summed E-state index contributed by atoms with van der Waals surface area (Å²) < 4.78 is 10.9. The molecule has 3 heterocycles. The molecule has 3 unspecified atom stereocenters. The van der Waals surface area contributed by atoms with Gasteiger partial charge in [-0.25, -0.2) is 9.59 Å². The van der Waals surface area contributed by atoms with E-state index >= 15 is 0 Å². The molecule has 16 nitrogen and oxygen atoms in total. The van der Waals surface area contributed by atoms with E-state index in [1.807, 2.05) is 32.6 Å². The Labute approximate surface area is 335 Å². The summed E-state index contributed by atoms with van der Waals surface area (Å²) in [6.07, 6.45) is 0.286. The van der Waals surface area contributed by atoms with Gasteiger partial charge in [-0.1, -0.05) is 18.5 Å². The Bertz CT molecular complexity index is 1670. The van der Waals surface area contributed by atoms with Gasteiger partial charge in [0, 0.05) is 82.4 Å². The van der Waals surface area contributed by atoms with Crippen LogP contribution in [0.2, 0.25) is 5.02 Å². The molecule has 0 aromatic heterocycles. The first-order valence-corrected chi connectivity index (χ1v) is 19.8. The van der Waals surface area contributed by atoms with Gasteiger partial charge in [-0.05, 0) is 73.1 Å². The second-order valence-electron chi connectivity index (χ2n) is 16.9. The van der Waals surface area contributed by atoms with Crippen LogP contribution in [0.4, 0.5) is 15.3 Å². The van der Waals surface area contributed by atoms with Crippen LogP contribution in [0.3, 0.4) is 0 Å². The number of rotatable bonds is 10. The van der Waals surface area contributed by atoms with E-state index < -0.39 is 29.4 Å². The highest BCUT2D eigenvalue weighted by Crippen LogP contribution is 2.25. The van der Waals surface area contributed by atoms with Crippen LogP contribution in [0.5, 0.6) is 0 Å². The van der Waals surface area contributed by atoms with Crippen molar-refractivity contribution in [3.8, 4) is 0 Å². The van der Waals surface area contributed by atoms with Crippen molar-refractivity contribution in [2.75, 3.05) is 71.8 Å². The lowest BCUT2D eigenvalue weighted by Gasteiger charge is -2.40. The number of ether oxygens (including phenoxy) is 2. The smallest absolute Gasteiger partial charge is 0.432 e. The minimum absolute atomic E-state index is 0.0300. The highest BCUT2D eigenvalue weighted by molar-refractivity contribution is 6.42. The highest BCUT2D eigenvalue weighted by Gasteiger charge is 2.37. The van der Waals surface area contributed by atoms with Crippen LogP contribution >= 0.6 is 11.6 Å². The second kappa shape index (κ2) is 18.7. The SMILES string of the molecule is CCC(CC[NH+](C)CC1CN(C(=O)OC(C)(C)C)C1)C(=O)N1CCN(C(=O)c2ccc(NC(=O)C(=NC)NC3CC(C)=NN3C(=O)OC(C)(C)C)cc2Cl)CC1. The molecule has 3 aliphatic heterocycles. The number of hydrogen-bond donors (Lipinski definition) is 3. The lowest BCUT2D eigenvalue weighted by atomic mass is 9.98. The number of piperazine rings is 1. The number of amidine groups is 1. The molecule has 0 aliphatic carbocycles. The van der Waals surface area contributed by atoms with Gasteiger partial charge in [-0.15, -0.1) is 0 Å². The Morgan fingerprint density at radius 2 is 1.57 bits per heavy atom. The molecule has 5 amide bonds. The van der Waals surface area contributed by atoms with Gasteiger partial charge in [-0.2, -0.15) is 10.1 Å². The molecule has 17 heteroatoms. The summed E-state index contributed by atoms with van der Waals surface area (Å²) >= 11 is 6.58. The van der Waals surface area contributed by atoms with E-state index in [1.54, 1.807) is 49.6 Å². The lowest BCUT2D eigenvalue weighted by molar-refractivity contribution is -0.884. The molecule has 3 N–H and O–H groups in total. The van der Waals surface area contributed by atoms with E-state index in [0.29, 0.717) is 63.0 Å². The molecule has 56 heavy (non-hydrogen) atoms. The second-order valence-corrected chi connectivity index (χ2v) is 17.3. The number of hydrazone groups is 1. The van der Waals surface area contributed by atoms with Crippen LogP contribution in [0.25, 0.3) is 0 Å². The minimum atomic E-state index is -0.724. The number of nitrogens with zero attached hydrogens (tertiary/aromatic N) is 6. The molecular formula is C39H61ClN9O7+. The molecule has 2 fully saturated rings. The third-order valence-corrected chi connectivity index (χ3v) is 10.0. The molecule has 1 aromatic carbocycles. The predicted molar refractivity (Wildman–Crippen MR) is 215 cm³/mol. The van der Waals surface area contributed by atoms with Crippen molar-refractivity contribution >= 4 is 58.7 Å². The van der Waals surface area contributed by atoms with Gasteiger partial charge in [0.1, 0.15) is 17.4 Å². The van der Waals surface area contributed by atoms with Crippen LogP contribution < -0.4 is 15.5 Å². The maximum absolute atomic E-state index is 13.5. The number of aliphatic imine (C=N–C) groups is 1. The molecule has 2 saturated heterocycles. The molecule has 3 atom stereocenters. The molecular weight excluding hydrogens is 742 g/mol. The number of nitrogens with one attached hydrogen (secondary N) is 3. The van der Waals surface area contributed by atoms with Crippen LogP contribution in [0.1, 0.15) is 85.0 Å². The number of carbonyl (C=O) groups excluding carboxylic acids is 5. The van der Waals surface area contributed by atoms with Gasteiger partial charge in [0.2, 0.25) is 5.91 Å². The first-order valence-electron chi connectivity index (χ1n) is 19.5. The molecule has 0 radical (unpaired) electrons. The Morgan fingerprint density at radius 1 is 0.964 bits per heavy atom. The molecule has 0 saturated carbocycles. The van der Waals surface area contributed by atoms with Crippen molar-refractivity contribution in [2.24, 2.45) is 21.9 Å². The lowest BCUT2D eigenvalue weighted by Crippen LogP contribution is -3.10. The van der Waals surface area contributed by atoms with Gasteiger partial charge < -0.3 is 39.7 Å². The average Bonchev–Trinajstić information content (AvgIpc) is 3.46. The topological polar surface area (TPSA) is 170 Å². The van der Waals surface area contributed by atoms with Crippen LogP contribution in [0, 0.1) is 11.8 Å². The molecule has 310 valence electrons.